The number of hydrogen-bond acceptors (Lipinski definition) is 8. The number of nitrogens with zero attached hydrogens (tertiary/aromatic N) is 2. The van der Waals surface area contributed by atoms with E-state index in [4.69, 9.17) is 0 Å². The van der Waals surface area contributed by atoms with Crippen molar-refractivity contribution in [3.05, 3.63) is 62.6 Å². The summed E-state index contributed by atoms with van der Waals surface area (Å²) in [7, 11) is 0.953. The van der Waals surface area contributed by atoms with Crippen molar-refractivity contribution in [3.63, 3.8) is 0 Å². The number of nitrogens with one attached hydrogen (secondary N) is 6. The maximum Gasteiger partial charge on any atom is 0.341 e. The summed E-state index contributed by atoms with van der Waals surface area (Å²) in [6.07, 6.45) is 0. The molecule has 0 saturated heterocycles. The Labute approximate surface area is 145 Å². The van der Waals surface area contributed by atoms with Crippen molar-refractivity contribution in [3.8, 4) is 0 Å². The summed E-state index contributed by atoms with van der Waals surface area (Å²) in [5, 5.41) is 0. The molecule has 0 saturated carbocycles. The Balaban J connectivity index is 1.81. The van der Waals surface area contributed by atoms with Crippen LogP contribution in [0.4, 0.5) is 0 Å². The van der Waals surface area contributed by atoms with Gasteiger partial charge in [-0.05, 0) is 0 Å². The lowest BCUT2D eigenvalue weighted by molar-refractivity contribution is 1.00. The lowest BCUT2D eigenvalue weighted by Gasteiger charge is -2.03. The first-order valence-electron chi connectivity index (χ1n) is 6.65. The van der Waals surface area contributed by atoms with Gasteiger partial charge in [0.15, 0.2) is 11.0 Å². The molecule has 134 valence electrons. The molecule has 0 spiro atoms. The van der Waals surface area contributed by atoms with Crippen molar-refractivity contribution >= 4 is 44.3 Å². The molecule has 0 radical (unpaired) electrons. The van der Waals surface area contributed by atoms with Crippen molar-refractivity contribution < 1.29 is 0 Å². The molecule has 6 N–H and O–H groups in total. The first kappa shape index (κ1) is 16.1. The Bertz CT molecular complexity index is 1400. The normalized spacial score (nSPS) is 11.5. The maximum absolute atomic E-state index is 12.3. The topological polar surface area (TPSA) is 207 Å². The third-order valence-corrected chi connectivity index (χ3v) is 5.39. The number of H-pyrrole nitrogens is 6. The molecule has 16 heteroatoms. The van der Waals surface area contributed by atoms with Crippen LogP contribution in [0.15, 0.2) is 28.8 Å². The number of aromatic amines is 6. The van der Waals surface area contributed by atoms with Crippen LogP contribution in [0.1, 0.15) is 0 Å². The summed E-state index contributed by atoms with van der Waals surface area (Å²) in [6, 6.07) is 0. The molecular weight excluding hydrogens is 392 g/mol. The highest BCUT2D eigenvalue weighted by Crippen LogP contribution is 2.19. The van der Waals surface area contributed by atoms with Gasteiger partial charge in [0.2, 0.25) is 0 Å². The van der Waals surface area contributed by atoms with Gasteiger partial charge in [0, 0.05) is 0 Å². The molecule has 0 aliphatic heterocycles. The van der Waals surface area contributed by atoms with Crippen molar-refractivity contribution in [1.82, 2.24) is 37.8 Å². The first-order valence-corrected chi connectivity index (χ1v) is 8.71. The van der Waals surface area contributed by atoms with Gasteiger partial charge in [-0.2, -0.15) is 7.94 Å². The van der Waals surface area contributed by atoms with Crippen molar-refractivity contribution in [2.45, 2.75) is 0 Å². The number of fused-ring (bicyclic) bond motifs is 2. The number of imidazole rings is 2. The van der Waals surface area contributed by atoms with Crippen molar-refractivity contribution in [2.24, 2.45) is 0 Å². The smallest absolute Gasteiger partial charge is 0.300 e. The molecule has 4 rings (SSSR count). The monoisotopic (exact) mass is 398 g/mol. The molecule has 4 heterocycles. The van der Waals surface area contributed by atoms with Crippen LogP contribution in [-0.4, -0.2) is 37.8 Å². The molecule has 0 aliphatic rings. The molecule has 14 nitrogen and oxygen atoms in total. The lowest BCUT2D eigenvalue weighted by atomic mass is 10.5. The van der Waals surface area contributed by atoms with Crippen LogP contribution >= 0.6 is 22.0 Å². The fourth-order valence-corrected chi connectivity index (χ4v) is 4.07. The highest BCUT2D eigenvalue weighted by molar-refractivity contribution is 8.75. The largest absolute Gasteiger partial charge is 0.341 e. The second-order valence-electron chi connectivity index (χ2n) is 4.87. The van der Waals surface area contributed by atoms with E-state index in [9.17, 15) is 28.8 Å². The van der Waals surface area contributed by atoms with Gasteiger partial charge in [-0.15, -0.1) is 0 Å². The molecule has 4 aromatic rings. The van der Waals surface area contributed by atoms with Crippen LogP contribution in [0.5, 0.6) is 0 Å². The van der Waals surface area contributed by atoms with E-state index in [1.165, 1.54) is 0 Å². The summed E-state index contributed by atoms with van der Waals surface area (Å²) >= 11 is 0. The van der Waals surface area contributed by atoms with E-state index in [0.29, 0.717) is 29.9 Å². The molecule has 0 aromatic carbocycles. The molecule has 0 aliphatic carbocycles. The maximum atomic E-state index is 12.3. The summed E-state index contributed by atoms with van der Waals surface area (Å²) < 4.78 is 1.24. The zero-order chi connectivity index (χ0) is 18.6. The second-order valence-corrected chi connectivity index (χ2v) is 6.79. The summed E-state index contributed by atoms with van der Waals surface area (Å²) in [5.74, 6) is 0. The van der Waals surface area contributed by atoms with E-state index < -0.39 is 33.9 Å². The van der Waals surface area contributed by atoms with E-state index in [1.807, 2.05) is 0 Å². The van der Waals surface area contributed by atoms with E-state index in [-0.39, 0.29) is 22.3 Å². The van der Waals surface area contributed by atoms with Crippen LogP contribution in [0.2, 0.25) is 0 Å². The van der Waals surface area contributed by atoms with E-state index in [1.54, 1.807) is 0 Å². The zero-order valence-electron chi connectivity index (χ0n) is 12.2. The molecule has 0 fully saturated rings. The van der Waals surface area contributed by atoms with Crippen molar-refractivity contribution in [2.75, 3.05) is 0 Å². The Kier molecular flexibility index (Phi) is 3.44. The van der Waals surface area contributed by atoms with E-state index in [2.05, 4.69) is 29.9 Å². The Morgan fingerprint density at radius 2 is 0.923 bits per heavy atom. The minimum Gasteiger partial charge on any atom is -0.300 e. The fourth-order valence-electron chi connectivity index (χ4n) is 2.18. The quantitative estimate of drug-likeness (QED) is 0.200. The molecule has 0 amide bonds. The molecule has 26 heavy (non-hydrogen) atoms. The summed E-state index contributed by atoms with van der Waals surface area (Å²) in [5.41, 5.74) is -5.31. The van der Waals surface area contributed by atoms with Gasteiger partial charge >= 0.3 is 22.8 Å². The molecular formula is C10H6N8O6S2. The Morgan fingerprint density at radius 1 is 0.538 bits per heavy atom. The zero-order valence-corrected chi connectivity index (χ0v) is 13.8. The van der Waals surface area contributed by atoms with Gasteiger partial charge in [-0.3, -0.25) is 39.5 Å². The highest BCUT2D eigenvalue weighted by atomic mass is 33.1. The second kappa shape index (κ2) is 5.56. The van der Waals surface area contributed by atoms with Gasteiger partial charge in [-0.25, -0.2) is 19.2 Å². The van der Waals surface area contributed by atoms with E-state index >= 15 is 0 Å². The van der Waals surface area contributed by atoms with E-state index in [0.717, 1.165) is 0 Å². The van der Waals surface area contributed by atoms with Gasteiger partial charge in [-0.1, -0.05) is 0 Å². The molecule has 0 bridgehead atoms. The van der Waals surface area contributed by atoms with Crippen LogP contribution in [0.25, 0.3) is 22.3 Å². The third-order valence-electron chi connectivity index (χ3n) is 3.27. The van der Waals surface area contributed by atoms with Crippen LogP contribution in [-0.2, 0) is 0 Å². The Morgan fingerprint density at radius 3 is 1.31 bits per heavy atom. The van der Waals surface area contributed by atoms with Gasteiger partial charge in [0.1, 0.15) is 11.3 Å². The lowest BCUT2D eigenvalue weighted by Crippen LogP contribution is -2.33. The number of rotatable bonds is 3. The van der Waals surface area contributed by atoms with Gasteiger partial charge < -0.3 is 0 Å². The SMILES string of the molecule is O=c1[nH]c2[nH]c(=O)n(SSn3c(=O)[nH]c4[nH]c(=O)[nH]c4c3=O)c(=O)c2[nH]1. The van der Waals surface area contributed by atoms with Crippen LogP contribution in [0.3, 0.4) is 0 Å². The first-order chi connectivity index (χ1) is 12.3. The van der Waals surface area contributed by atoms with Gasteiger partial charge in [0.25, 0.3) is 11.1 Å². The average Bonchev–Trinajstić information content (AvgIpc) is 3.11. The van der Waals surface area contributed by atoms with Gasteiger partial charge in [0.05, 0.1) is 22.0 Å². The Hall–Kier alpha value is -3.40. The molecule has 4 aromatic heterocycles. The number of aromatic nitrogens is 8. The van der Waals surface area contributed by atoms with Crippen LogP contribution < -0.4 is 33.9 Å². The predicted molar refractivity (Wildman–Crippen MR) is 93.6 cm³/mol. The minimum atomic E-state index is -0.879. The summed E-state index contributed by atoms with van der Waals surface area (Å²) in [4.78, 5) is 84.5. The minimum absolute atomic E-state index is 0.0758. The van der Waals surface area contributed by atoms with Crippen LogP contribution in [0, 0.1) is 0 Å². The molecule has 0 unspecified atom stereocenters. The third kappa shape index (κ3) is 2.39. The summed E-state index contributed by atoms with van der Waals surface area (Å²) in [6.45, 7) is 0. The van der Waals surface area contributed by atoms with Crippen molar-refractivity contribution in [1.29, 1.82) is 0 Å². The molecule has 0 atom stereocenters. The standard InChI is InChI=1S/C10H6N8O6S2/c19-5-1-3(13-7(21)11-1)15-9(23)17(5)25-26-18-6(20)2-4(16-10(18)24)14-8(22)12-2/h(H,15,23)(H,16,24)(H2,11,13,21)(H2,12,14,22). The predicted octanol–water partition coefficient (Wildman–Crippen LogP) is -2.67. The fraction of sp³-hybridized carbons (Fsp3) is 0. The highest BCUT2D eigenvalue weighted by Gasteiger charge is 2.15. The average molecular weight is 398 g/mol. The number of hydrogen-bond donors (Lipinski definition) is 6.